The van der Waals surface area contributed by atoms with Crippen molar-refractivity contribution in [1.29, 1.82) is 0 Å². The molecule has 2 nitrogen and oxygen atoms in total. The monoisotopic (exact) mass is 440 g/mol. The number of benzene rings is 3. The molecular weight excluding hydrogens is 419 g/mol. The Morgan fingerprint density at radius 2 is 1.42 bits per heavy atom. The Hall–Kier alpha value is -3.13. The largest absolute Gasteiger partial charge is 0.465 e. The summed E-state index contributed by atoms with van der Waals surface area (Å²) in [4.78, 5) is 13.4. The molecule has 152 valence electrons. The van der Waals surface area contributed by atoms with Gasteiger partial charge in [0.2, 0.25) is 0 Å². The van der Waals surface area contributed by atoms with Gasteiger partial charge in [0.15, 0.2) is 0 Å². The second-order valence-electron chi connectivity index (χ2n) is 7.31. The lowest BCUT2D eigenvalue weighted by molar-refractivity contribution is -0.132. The number of hydrogen-bond acceptors (Lipinski definition) is 3. The smallest absolute Gasteiger partial charge is 0.338 e. The van der Waals surface area contributed by atoms with Crippen molar-refractivity contribution in [3.8, 4) is 0 Å². The molecule has 0 bridgehead atoms. The van der Waals surface area contributed by atoms with Crippen LogP contribution in [0.5, 0.6) is 0 Å². The Morgan fingerprint density at radius 1 is 0.806 bits per heavy atom. The van der Waals surface area contributed by atoms with Crippen LogP contribution in [-0.4, -0.2) is 18.4 Å². The van der Waals surface area contributed by atoms with Gasteiger partial charge in [-0.15, -0.1) is 0 Å². The summed E-state index contributed by atoms with van der Waals surface area (Å²) in [5, 5.41) is 8.42. The van der Waals surface area contributed by atoms with Crippen LogP contribution < -0.4 is 15.9 Å². The summed E-state index contributed by atoms with van der Waals surface area (Å²) >= 11 is 1.66. The standard InChI is InChI=1S/C27H21O2PS/c1-29-27(28)26-18-24(20-16-17-31-19-20)23-14-8-9-15-25(23)30(26,21-10-4-2-5-11-21)22-12-6-3-7-13-22/h2-19H,1H3. The van der Waals surface area contributed by atoms with Gasteiger partial charge in [-0.25, -0.2) is 4.79 Å². The maximum absolute atomic E-state index is 13.4. The highest BCUT2D eigenvalue weighted by atomic mass is 32.1. The van der Waals surface area contributed by atoms with Gasteiger partial charge in [0, 0.05) is 0 Å². The van der Waals surface area contributed by atoms with E-state index in [4.69, 9.17) is 4.74 Å². The fraction of sp³-hybridized carbons (Fsp3) is 0.0370. The molecule has 1 aliphatic heterocycles. The first-order valence-corrected chi connectivity index (χ1v) is 12.8. The lowest BCUT2D eigenvalue weighted by Gasteiger charge is -2.36. The van der Waals surface area contributed by atoms with Crippen molar-refractivity contribution in [3.05, 3.63) is 119 Å². The molecular formula is C27H21O2PS. The van der Waals surface area contributed by atoms with Crippen LogP contribution in [0.1, 0.15) is 11.1 Å². The second kappa shape index (κ2) is 8.19. The molecule has 0 radical (unpaired) electrons. The number of carbonyl (C=O) groups is 1. The van der Waals surface area contributed by atoms with Crippen LogP contribution in [0.4, 0.5) is 0 Å². The number of thiophene rings is 1. The van der Waals surface area contributed by atoms with E-state index in [0.29, 0.717) is 0 Å². The third kappa shape index (κ3) is 3.13. The van der Waals surface area contributed by atoms with E-state index in [1.807, 2.05) is 12.1 Å². The molecule has 0 saturated heterocycles. The predicted molar refractivity (Wildman–Crippen MR) is 134 cm³/mol. The molecule has 0 spiro atoms. The molecule has 0 fully saturated rings. The van der Waals surface area contributed by atoms with Crippen molar-refractivity contribution in [3.63, 3.8) is 0 Å². The van der Waals surface area contributed by atoms with E-state index >= 15 is 0 Å². The molecule has 0 saturated carbocycles. The van der Waals surface area contributed by atoms with E-state index in [9.17, 15) is 4.79 Å². The van der Waals surface area contributed by atoms with Gasteiger partial charge < -0.3 is 4.74 Å². The molecule has 5 rings (SSSR count). The van der Waals surface area contributed by atoms with Gasteiger partial charge in [0.05, 0.1) is 12.4 Å². The number of hydrogen-bond donors (Lipinski definition) is 0. The number of esters is 1. The zero-order chi connectivity index (χ0) is 21.3. The predicted octanol–water partition coefficient (Wildman–Crippen LogP) is 4.83. The number of methoxy groups -OCH3 is 1. The first-order valence-electron chi connectivity index (χ1n) is 10.1. The lowest BCUT2D eigenvalue weighted by atomic mass is 9.98. The van der Waals surface area contributed by atoms with Crippen molar-refractivity contribution >= 4 is 51.0 Å². The van der Waals surface area contributed by atoms with Gasteiger partial charge in [-0.1, -0.05) is 84.9 Å². The first kappa shape index (κ1) is 19.8. The van der Waals surface area contributed by atoms with Gasteiger partial charge >= 0.3 is 5.97 Å². The molecule has 0 amide bonds. The summed E-state index contributed by atoms with van der Waals surface area (Å²) in [7, 11) is 1.47. The van der Waals surface area contributed by atoms with Crippen molar-refractivity contribution in [1.82, 2.24) is 0 Å². The van der Waals surface area contributed by atoms with Crippen LogP contribution in [0.3, 0.4) is 0 Å². The highest BCUT2D eigenvalue weighted by molar-refractivity contribution is 7.97. The van der Waals surface area contributed by atoms with Crippen molar-refractivity contribution in [2.75, 3.05) is 7.11 Å². The number of rotatable bonds is 4. The first-order chi connectivity index (χ1) is 15.3. The molecule has 0 unspecified atom stereocenters. The Kier molecular flexibility index (Phi) is 5.23. The highest BCUT2D eigenvalue weighted by Gasteiger charge is 2.37. The van der Waals surface area contributed by atoms with Gasteiger partial charge in [0.25, 0.3) is 0 Å². The zero-order valence-corrected chi connectivity index (χ0v) is 18.8. The molecule has 4 heteroatoms. The van der Waals surface area contributed by atoms with Crippen molar-refractivity contribution in [2.45, 2.75) is 0 Å². The van der Waals surface area contributed by atoms with Gasteiger partial charge in [-0.3, -0.25) is 0 Å². The topological polar surface area (TPSA) is 26.3 Å². The minimum atomic E-state index is -2.44. The Morgan fingerprint density at radius 3 is 2.00 bits per heavy atom. The maximum Gasteiger partial charge on any atom is 0.338 e. The van der Waals surface area contributed by atoms with Crippen LogP contribution in [0, 0.1) is 0 Å². The molecule has 1 aromatic heterocycles. The van der Waals surface area contributed by atoms with Crippen LogP contribution >= 0.6 is 18.2 Å². The molecule has 0 aliphatic carbocycles. The summed E-state index contributed by atoms with van der Waals surface area (Å²) in [5.74, 6) is -0.275. The second-order valence-corrected chi connectivity index (χ2v) is 11.4. The van der Waals surface area contributed by atoms with E-state index in [1.54, 1.807) is 11.3 Å². The fourth-order valence-electron chi connectivity index (χ4n) is 4.40. The molecule has 0 N–H and O–H groups in total. The highest BCUT2D eigenvalue weighted by Crippen LogP contribution is 2.51. The molecule has 0 atom stereocenters. The van der Waals surface area contributed by atoms with Gasteiger partial charge in [-0.05, 0) is 62.4 Å². The van der Waals surface area contributed by atoms with Crippen molar-refractivity contribution in [2.24, 2.45) is 0 Å². The number of ether oxygens (including phenoxy) is 1. The summed E-state index contributed by atoms with van der Waals surface area (Å²) in [5.41, 5.74) is 3.37. The van der Waals surface area contributed by atoms with E-state index < -0.39 is 6.89 Å². The SMILES string of the molecule is COC(=O)C1=P(c2ccccc2)(c2ccccc2)c2ccccc2C(c2ccsc2)=C1. The van der Waals surface area contributed by atoms with Gasteiger partial charge in [0.1, 0.15) is 0 Å². The number of carbonyl (C=O) groups excluding carboxylic acids is 1. The number of fused-ring (bicyclic) bond motifs is 1. The third-order valence-corrected chi connectivity index (χ3v) is 10.7. The van der Waals surface area contributed by atoms with Crippen LogP contribution in [0.2, 0.25) is 0 Å². The Labute approximate surface area is 186 Å². The molecule has 4 aromatic rings. The van der Waals surface area contributed by atoms with Gasteiger partial charge in [-0.2, -0.15) is 11.3 Å². The van der Waals surface area contributed by atoms with Crippen LogP contribution in [-0.2, 0) is 9.53 Å². The normalized spacial score (nSPS) is 14.5. The maximum atomic E-state index is 13.4. The minimum absolute atomic E-state index is 0.275. The Bertz CT molecular complexity index is 1280. The minimum Gasteiger partial charge on any atom is -0.465 e. The van der Waals surface area contributed by atoms with Crippen LogP contribution in [0.15, 0.2) is 108 Å². The van der Waals surface area contributed by atoms with E-state index in [-0.39, 0.29) is 5.97 Å². The molecule has 2 heterocycles. The summed E-state index contributed by atoms with van der Waals surface area (Å²) in [6, 6.07) is 31.4. The Balaban J connectivity index is 2.03. The van der Waals surface area contributed by atoms with Crippen molar-refractivity contribution < 1.29 is 9.53 Å². The average Bonchev–Trinajstić information content (AvgIpc) is 3.38. The average molecular weight is 441 g/mol. The third-order valence-electron chi connectivity index (χ3n) is 5.71. The quantitative estimate of drug-likeness (QED) is 0.336. The molecule has 31 heavy (non-hydrogen) atoms. The van der Waals surface area contributed by atoms with E-state index in [0.717, 1.165) is 27.0 Å². The summed E-state index contributed by atoms with van der Waals surface area (Å²) < 4.78 is 5.38. The summed E-state index contributed by atoms with van der Waals surface area (Å²) in [6.07, 6.45) is 2.07. The van der Waals surface area contributed by atoms with E-state index in [2.05, 4.69) is 95.7 Å². The lowest BCUT2D eigenvalue weighted by Crippen LogP contribution is -2.36. The summed E-state index contributed by atoms with van der Waals surface area (Å²) in [6.45, 7) is -2.44. The fourth-order valence-corrected chi connectivity index (χ4v) is 9.52. The zero-order valence-electron chi connectivity index (χ0n) is 17.1. The molecule has 1 aliphatic rings. The molecule has 3 aromatic carbocycles. The van der Waals surface area contributed by atoms with Crippen LogP contribution in [0.25, 0.3) is 5.57 Å². The van der Waals surface area contributed by atoms with E-state index in [1.165, 1.54) is 18.0 Å².